The number of nitrogens with zero attached hydrogens (tertiary/aromatic N) is 4. The largest absolute Gasteiger partial charge is 0.368 e. The minimum Gasteiger partial charge on any atom is -0.368 e. The number of hydrogen-bond acceptors (Lipinski definition) is 7. The zero-order chi connectivity index (χ0) is 24.5. The summed E-state index contributed by atoms with van der Waals surface area (Å²) in [5.74, 6) is -0.873. The highest BCUT2D eigenvalue weighted by Crippen LogP contribution is 2.28. The predicted octanol–water partition coefficient (Wildman–Crippen LogP) is 3.68. The number of rotatable bonds is 8. The molecule has 3 N–H and O–H groups in total. The van der Waals surface area contributed by atoms with Crippen molar-refractivity contribution < 1.29 is 17.2 Å². The van der Waals surface area contributed by atoms with Gasteiger partial charge in [0.1, 0.15) is 26.0 Å². The van der Waals surface area contributed by atoms with Gasteiger partial charge in [-0.25, -0.2) is 27.2 Å². The van der Waals surface area contributed by atoms with Crippen LogP contribution < -0.4 is 10.0 Å². The van der Waals surface area contributed by atoms with Crippen molar-refractivity contribution in [3.8, 4) is 11.4 Å². The van der Waals surface area contributed by atoms with Crippen LogP contribution in [0.5, 0.6) is 0 Å². The molecule has 0 spiro atoms. The first-order chi connectivity index (χ1) is 16.1. The number of aromatic amines is 1. The van der Waals surface area contributed by atoms with Gasteiger partial charge in [0.05, 0.1) is 5.39 Å². The Bertz CT molecular complexity index is 1440. The number of likely N-dealkylation sites (N-methyl/N-ethyl adjacent to an activating group) is 1. The first kappa shape index (κ1) is 24.2. The predicted molar refractivity (Wildman–Crippen MR) is 134 cm³/mol. The molecular formula is C21H20F2IN7O2S. The number of nitrogens with one attached hydrogen (secondary N) is 3. The first-order valence-corrected chi connectivity index (χ1v) is 12.6. The molecule has 34 heavy (non-hydrogen) atoms. The van der Waals surface area contributed by atoms with Crippen LogP contribution in [-0.2, 0) is 10.0 Å². The highest BCUT2D eigenvalue weighted by molar-refractivity contribution is 14.1. The molecule has 0 bridgehead atoms. The first-order valence-electron chi connectivity index (χ1n) is 10.0. The Morgan fingerprint density at radius 2 is 1.82 bits per heavy atom. The molecule has 178 valence electrons. The van der Waals surface area contributed by atoms with Gasteiger partial charge in [0.25, 0.3) is 10.0 Å². The number of halogens is 3. The standard InChI is InChI=1S/C21H20F2IN7O2S/c1-31(2)10-9-25-20-17-18(24)28-29-21(17)27-19(26-20)12-3-6-14(7-4-12)30-34(32,33)16-11-13(22)5-8-15(16)23/h3-8,11,30H,9-10H2,1-2H3,(H2,25,26,27,28,29). The molecule has 13 heteroatoms. The topological polar surface area (TPSA) is 116 Å². The van der Waals surface area contributed by atoms with Crippen LogP contribution in [-0.4, -0.2) is 60.7 Å². The van der Waals surface area contributed by atoms with Crippen molar-refractivity contribution in [2.75, 3.05) is 37.2 Å². The minimum absolute atomic E-state index is 0.173. The Morgan fingerprint density at radius 3 is 2.53 bits per heavy atom. The van der Waals surface area contributed by atoms with Crippen LogP contribution in [0.3, 0.4) is 0 Å². The quantitative estimate of drug-likeness (QED) is 0.265. The Balaban J connectivity index is 1.61. The van der Waals surface area contributed by atoms with Crippen molar-refractivity contribution in [3.63, 3.8) is 0 Å². The van der Waals surface area contributed by atoms with E-state index in [1.807, 2.05) is 19.0 Å². The third-order valence-electron chi connectivity index (χ3n) is 4.80. The van der Waals surface area contributed by atoms with Crippen LogP contribution in [0.2, 0.25) is 0 Å². The summed E-state index contributed by atoms with van der Waals surface area (Å²) >= 11 is 2.13. The SMILES string of the molecule is CN(C)CCNc1nc(-c2ccc(NS(=O)(=O)c3cc(F)ccc3F)cc2)nc2n[nH]c(I)c12. The zero-order valence-electron chi connectivity index (χ0n) is 18.1. The summed E-state index contributed by atoms with van der Waals surface area (Å²) in [4.78, 5) is 10.4. The lowest BCUT2D eigenvalue weighted by molar-refractivity contribution is 0.425. The molecule has 4 rings (SSSR count). The lowest BCUT2D eigenvalue weighted by Gasteiger charge is -2.12. The Morgan fingerprint density at radius 1 is 1.09 bits per heavy atom. The molecule has 0 aliphatic carbocycles. The summed E-state index contributed by atoms with van der Waals surface area (Å²) in [7, 11) is -0.369. The molecule has 0 unspecified atom stereocenters. The average Bonchev–Trinajstić information content (AvgIpc) is 3.16. The lowest BCUT2D eigenvalue weighted by Crippen LogP contribution is -2.21. The monoisotopic (exact) mass is 599 g/mol. The molecule has 0 radical (unpaired) electrons. The third kappa shape index (κ3) is 5.26. The van der Waals surface area contributed by atoms with Crippen LogP contribution in [0.15, 0.2) is 47.4 Å². The van der Waals surface area contributed by atoms with Crippen LogP contribution in [0.4, 0.5) is 20.3 Å². The Labute approximate surface area is 208 Å². The van der Waals surface area contributed by atoms with E-state index in [1.165, 1.54) is 12.1 Å². The van der Waals surface area contributed by atoms with Gasteiger partial charge in [-0.1, -0.05) is 0 Å². The fourth-order valence-electron chi connectivity index (χ4n) is 3.13. The maximum absolute atomic E-state index is 13.9. The smallest absolute Gasteiger partial charge is 0.264 e. The van der Waals surface area contributed by atoms with Gasteiger partial charge in [-0.2, -0.15) is 5.10 Å². The number of hydrogen-bond donors (Lipinski definition) is 3. The fraction of sp³-hybridized carbons (Fsp3) is 0.190. The van der Waals surface area contributed by atoms with Gasteiger partial charge >= 0.3 is 0 Å². The van der Waals surface area contributed by atoms with Crippen molar-refractivity contribution in [2.24, 2.45) is 0 Å². The number of aromatic nitrogens is 4. The van der Waals surface area contributed by atoms with Gasteiger partial charge in [0.15, 0.2) is 11.5 Å². The van der Waals surface area contributed by atoms with Crippen molar-refractivity contribution in [1.29, 1.82) is 0 Å². The number of H-pyrrole nitrogens is 1. The summed E-state index contributed by atoms with van der Waals surface area (Å²) < 4.78 is 55.4. The van der Waals surface area contributed by atoms with E-state index in [2.05, 4.69) is 52.8 Å². The molecule has 2 heterocycles. The maximum atomic E-state index is 13.9. The van der Waals surface area contributed by atoms with Gasteiger partial charge < -0.3 is 10.2 Å². The molecule has 2 aromatic heterocycles. The normalized spacial score (nSPS) is 11.8. The molecule has 0 aliphatic heterocycles. The van der Waals surface area contributed by atoms with Crippen molar-refractivity contribution >= 4 is 55.2 Å². The highest BCUT2D eigenvalue weighted by atomic mass is 127. The van der Waals surface area contributed by atoms with Crippen molar-refractivity contribution in [1.82, 2.24) is 25.1 Å². The molecule has 4 aromatic rings. The number of anilines is 2. The van der Waals surface area contributed by atoms with E-state index >= 15 is 0 Å². The lowest BCUT2D eigenvalue weighted by atomic mass is 10.2. The second-order valence-corrected chi connectivity index (χ2v) is 10.3. The van der Waals surface area contributed by atoms with Crippen LogP contribution >= 0.6 is 22.6 Å². The van der Waals surface area contributed by atoms with Gasteiger partial charge in [0.2, 0.25) is 0 Å². The fourth-order valence-corrected chi connectivity index (χ4v) is 4.89. The van der Waals surface area contributed by atoms with Gasteiger partial charge in [-0.05, 0) is 79.2 Å². The van der Waals surface area contributed by atoms with Gasteiger partial charge in [0, 0.05) is 24.3 Å². The van der Waals surface area contributed by atoms with Crippen LogP contribution in [0.1, 0.15) is 0 Å². The van der Waals surface area contributed by atoms with E-state index in [9.17, 15) is 17.2 Å². The van der Waals surface area contributed by atoms with E-state index in [0.29, 0.717) is 35.5 Å². The molecule has 2 aromatic carbocycles. The van der Waals surface area contributed by atoms with E-state index in [4.69, 9.17) is 0 Å². The van der Waals surface area contributed by atoms with Gasteiger partial charge in [-0.15, -0.1) is 0 Å². The molecule has 0 aliphatic rings. The number of sulfonamides is 1. The number of benzene rings is 2. The van der Waals surface area contributed by atoms with Crippen LogP contribution in [0.25, 0.3) is 22.4 Å². The third-order valence-corrected chi connectivity index (χ3v) is 6.98. The van der Waals surface area contributed by atoms with E-state index in [-0.39, 0.29) is 5.69 Å². The summed E-state index contributed by atoms with van der Waals surface area (Å²) in [6.45, 7) is 1.47. The second kappa shape index (κ2) is 9.76. The van der Waals surface area contributed by atoms with Gasteiger partial charge in [-0.3, -0.25) is 9.82 Å². The minimum atomic E-state index is -4.32. The summed E-state index contributed by atoms with van der Waals surface area (Å²) in [6, 6.07) is 8.48. The van der Waals surface area contributed by atoms with Crippen molar-refractivity contribution in [2.45, 2.75) is 4.90 Å². The Kier molecular flexibility index (Phi) is 6.95. The molecule has 0 saturated carbocycles. The Hall–Kier alpha value is -2.91. The van der Waals surface area contributed by atoms with E-state index in [1.54, 1.807) is 12.1 Å². The maximum Gasteiger partial charge on any atom is 0.264 e. The molecule has 0 amide bonds. The summed E-state index contributed by atoms with van der Waals surface area (Å²) in [5, 5.41) is 11.2. The second-order valence-electron chi connectivity index (χ2n) is 7.62. The zero-order valence-corrected chi connectivity index (χ0v) is 21.1. The summed E-state index contributed by atoms with van der Waals surface area (Å²) in [5.41, 5.74) is 1.29. The molecule has 0 atom stereocenters. The average molecular weight is 599 g/mol. The van der Waals surface area contributed by atoms with E-state index in [0.717, 1.165) is 27.8 Å². The summed E-state index contributed by atoms with van der Waals surface area (Å²) in [6.07, 6.45) is 0. The van der Waals surface area contributed by atoms with Crippen molar-refractivity contribution in [3.05, 3.63) is 57.8 Å². The number of fused-ring (bicyclic) bond motifs is 1. The molecular weight excluding hydrogens is 579 g/mol. The molecule has 0 fully saturated rings. The van der Waals surface area contributed by atoms with E-state index < -0.39 is 26.6 Å². The highest BCUT2D eigenvalue weighted by Gasteiger charge is 2.20. The van der Waals surface area contributed by atoms with Crippen LogP contribution in [0, 0.1) is 15.3 Å². The molecule has 9 nitrogen and oxygen atoms in total. The molecule has 0 saturated heterocycles.